The van der Waals surface area contributed by atoms with Crippen LogP contribution >= 0.6 is 15.8 Å². The maximum atomic E-state index is 4.01. The maximum Gasteiger partial charge on any atom is 0.0709 e. The average molecular weight is 622 g/mol. The quantitative estimate of drug-likeness (QED) is 0.185. The Morgan fingerprint density at radius 3 is 0.933 bits per heavy atom. The van der Waals surface area contributed by atoms with Crippen LogP contribution in [0.25, 0.3) is 21.8 Å². The Labute approximate surface area is 268 Å². The van der Waals surface area contributed by atoms with Crippen molar-refractivity contribution in [3.05, 3.63) is 146 Å². The van der Waals surface area contributed by atoms with Crippen molar-refractivity contribution >= 4 is 80.9 Å². The molecule has 45 heavy (non-hydrogen) atoms. The van der Waals surface area contributed by atoms with E-state index in [4.69, 9.17) is 0 Å². The van der Waals surface area contributed by atoms with Gasteiger partial charge in [-0.1, -0.05) is 146 Å². The number of benzene rings is 6. The smallest absolute Gasteiger partial charge is 0.0709 e. The van der Waals surface area contributed by atoms with E-state index in [1.54, 1.807) is 0 Å². The summed E-state index contributed by atoms with van der Waals surface area (Å²) in [5.41, 5.74) is 4.89. The van der Waals surface area contributed by atoms with E-state index in [0.717, 1.165) is 0 Å². The second kappa shape index (κ2) is 12.5. The fourth-order valence-corrected chi connectivity index (χ4v) is 11.5. The van der Waals surface area contributed by atoms with E-state index < -0.39 is 15.8 Å². The molecule has 7 aromatic rings. The highest BCUT2D eigenvalue weighted by Crippen LogP contribution is 2.44. The zero-order valence-electron chi connectivity index (χ0n) is 26.1. The predicted molar refractivity (Wildman–Crippen MR) is 202 cm³/mol. The van der Waals surface area contributed by atoms with Gasteiger partial charge in [-0.25, -0.2) is 0 Å². The second-order valence-corrected chi connectivity index (χ2v) is 16.0. The zero-order valence-corrected chi connectivity index (χ0v) is 27.9. The predicted octanol–water partition coefficient (Wildman–Crippen LogP) is 6.97. The van der Waals surface area contributed by atoms with Gasteiger partial charge < -0.3 is 14.8 Å². The first-order valence-corrected chi connectivity index (χ1v) is 18.0. The number of H-pyrrole nitrogens is 1. The second-order valence-electron chi connectivity index (χ2n) is 11.6. The number of hydrogen-bond acceptors (Lipinski definition) is 2. The Kier molecular flexibility index (Phi) is 8.16. The van der Waals surface area contributed by atoms with Gasteiger partial charge in [0, 0.05) is 49.6 Å². The van der Waals surface area contributed by atoms with Crippen LogP contribution in [-0.2, 0) is 0 Å². The molecule has 3 nitrogen and oxygen atoms in total. The number of anilines is 2. The summed E-state index contributed by atoms with van der Waals surface area (Å²) in [7, 11) is 7.17. The van der Waals surface area contributed by atoms with Crippen molar-refractivity contribution in [2.75, 3.05) is 38.0 Å². The molecule has 0 atom stereocenters. The molecule has 0 amide bonds. The van der Waals surface area contributed by atoms with Crippen LogP contribution in [0.1, 0.15) is 0 Å². The Morgan fingerprint density at radius 1 is 0.378 bits per heavy atom. The summed E-state index contributed by atoms with van der Waals surface area (Å²) in [6, 6.07) is 53.4. The van der Waals surface area contributed by atoms with Crippen LogP contribution in [0, 0.1) is 0 Å². The normalized spacial score (nSPS) is 11.5. The van der Waals surface area contributed by atoms with Crippen molar-refractivity contribution in [3.8, 4) is 0 Å². The van der Waals surface area contributed by atoms with Gasteiger partial charge in [0.2, 0.25) is 0 Å². The molecule has 1 heterocycles. The van der Waals surface area contributed by atoms with E-state index in [2.05, 4.69) is 189 Å². The molecule has 0 spiro atoms. The topological polar surface area (TPSA) is 22.3 Å². The van der Waals surface area contributed by atoms with Gasteiger partial charge in [-0.3, -0.25) is 0 Å². The Morgan fingerprint density at radius 2 is 0.667 bits per heavy atom. The SMILES string of the molecule is CN(C)c1c(P(c2ccccc2)c2ccccc2)ccc2c1[nH]c1c(N(C)C)c(P(c3ccccc3)c3ccccc3)ccc12. The summed E-state index contributed by atoms with van der Waals surface area (Å²) in [6.07, 6.45) is 0. The highest BCUT2D eigenvalue weighted by molar-refractivity contribution is 7.80. The molecule has 5 heteroatoms. The lowest BCUT2D eigenvalue weighted by Gasteiger charge is -2.26. The molecular weight excluding hydrogens is 584 g/mol. The molecule has 1 N–H and O–H groups in total. The molecule has 0 saturated carbocycles. The number of rotatable bonds is 8. The monoisotopic (exact) mass is 621 g/mol. The van der Waals surface area contributed by atoms with Crippen LogP contribution in [-0.4, -0.2) is 33.2 Å². The van der Waals surface area contributed by atoms with Crippen molar-refractivity contribution in [2.45, 2.75) is 0 Å². The molecule has 0 radical (unpaired) electrons. The maximum absolute atomic E-state index is 4.01. The molecule has 0 fully saturated rings. The summed E-state index contributed by atoms with van der Waals surface area (Å²) >= 11 is 0. The minimum Gasteiger partial charge on any atom is -0.375 e. The van der Waals surface area contributed by atoms with Crippen molar-refractivity contribution in [3.63, 3.8) is 0 Å². The van der Waals surface area contributed by atoms with Gasteiger partial charge in [0.15, 0.2) is 0 Å². The van der Waals surface area contributed by atoms with Gasteiger partial charge in [-0.2, -0.15) is 0 Å². The molecule has 1 aromatic heterocycles. The van der Waals surface area contributed by atoms with E-state index >= 15 is 0 Å². The van der Waals surface area contributed by atoms with Crippen molar-refractivity contribution in [2.24, 2.45) is 0 Å². The summed E-state index contributed by atoms with van der Waals surface area (Å²) in [5.74, 6) is 0. The molecular formula is C40H37N3P2. The van der Waals surface area contributed by atoms with Crippen LogP contribution in [0.4, 0.5) is 11.4 Å². The zero-order chi connectivity index (χ0) is 30.9. The number of nitrogens with zero attached hydrogens (tertiary/aromatic N) is 2. The van der Waals surface area contributed by atoms with Gasteiger partial charge in [-0.05, 0) is 37.1 Å². The lowest BCUT2D eigenvalue weighted by Crippen LogP contribution is -2.26. The molecule has 6 aromatic carbocycles. The van der Waals surface area contributed by atoms with Crippen molar-refractivity contribution in [1.82, 2.24) is 4.98 Å². The summed E-state index contributed by atoms with van der Waals surface area (Å²) in [4.78, 5) is 8.61. The highest BCUT2D eigenvalue weighted by atomic mass is 31.1. The summed E-state index contributed by atoms with van der Waals surface area (Å²) < 4.78 is 0. The van der Waals surface area contributed by atoms with Gasteiger partial charge in [0.05, 0.1) is 22.4 Å². The van der Waals surface area contributed by atoms with E-state index in [1.165, 1.54) is 65.0 Å². The van der Waals surface area contributed by atoms with E-state index in [0.29, 0.717) is 0 Å². The third-order valence-electron chi connectivity index (χ3n) is 8.29. The Hall–Kier alpha value is -4.42. The van der Waals surface area contributed by atoms with Crippen molar-refractivity contribution in [1.29, 1.82) is 0 Å². The Bertz CT molecular complexity index is 1830. The van der Waals surface area contributed by atoms with Crippen LogP contribution in [0.2, 0.25) is 0 Å². The molecule has 0 bridgehead atoms. The first-order chi connectivity index (χ1) is 22.0. The number of fused-ring (bicyclic) bond motifs is 3. The van der Waals surface area contributed by atoms with Gasteiger partial charge in [0.25, 0.3) is 0 Å². The van der Waals surface area contributed by atoms with E-state index in [1.807, 2.05) is 0 Å². The van der Waals surface area contributed by atoms with Crippen LogP contribution < -0.4 is 41.6 Å². The van der Waals surface area contributed by atoms with E-state index in [9.17, 15) is 0 Å². The summed E-state index contributed by atoms with van der Waals surface area (Å²) in [6.45, 7) is 0. The highest BCUT2D eigenvalue weighted by Gasteiger charge is 2.27. The lowest BCUT2D eigenvalue weighted by molar-refractivity contribution is 1.14. The largest absolute Gasteiger partial charge is 0.375 e. The van der Waals surface area contributed by atoms with Gasteiger partial charge in [0.1, 0.15) is 0 Å². The fourth-order valence-electron chi connectivity index (χ4n) is 6.42. The van der Waals surface area contributed by atoms with Crippen LogP contribution in [0.3, 0.4) is 0 Å². The number of hydrogen-bond donors (Lipinski definition) is 1. The molecule has 0 aliphatic heterocycles. The first-order valence-electron chi connectivity index (χ1n) is 15.3. The number of aromatic amines is 1. The minimum absolute atomic E-state index is 0.768. The molecule has 222 valence electrons. The molecule has 0 saturated heterocycles. The third-order valence-corrected chi connectivity index (χ3v) is 13.2. The standard InChI is InChI=1S/C40H37N3P2/c1-42(2)39-35(44(29-17-9-5-10-18-29)30-19-11-6-12-20-30)27-25-33-34-26-28-36(40(43(3)4)38(34)41-37(33)39)45(31-21-13-7-14-22-31)32-23-15-8-16-24-32/h5-28,41H,1-4H3. The lowest BCUT2D eigenvalue weighted by atomic mass is 10.1. The fraction of sp³-hybridized carbons (Fsp3) is 0.100. The molecule has 0 aliphatic carbocycles. The molecule has 0 unspecified atom stereocenters. The first kappa shape index (κ1) is 29.3. The number of nitrogens with one attached hydrogen (secondary N) is 1. The third kappa shape index (κ3) is 5.42. The Balaban J connectivity index is 1.50. The van der Waals surface area contributed by atoms with Gasteiger partial charge >= 0.3 is 0 Å². The van der Waals surface area contributed by atoms with Gasteiger partial charge in [-0.15, -0.1) is 0 Å². The molecule has 0 aliphatic rings. The minimum atomic E-state index is -0.768. The van der Waals surface area contributed by atoms with E-state index in [-0.39, 0.29) is 0 Å². The van der Waals surface area contributed by atoms with Crippen LogP contribution in [0.5, 0.6) is 0 Å². The number of aromatic nitrogens is 1. The van der Waals surface area contributed by atoms with Crippen LogP contribution in [0.15, 0.2) is 146 Å². The van der Waals surface area contributed by atoms with Crippen molar-refractivity contribution < 1.29 is 0 Å². The average Bonchev–Trinajstić information content (AvgIpc) is 3.45. The summed E-state index contributed by atoms with van der Waals surface area (Å²) in [5, 5.41) is 10.6. The molecule has 7 rings (SSSR count).